The van der Waals surface area contributed by atoms with E-state index in [1.54, 1.807) is 0 Å². The highest BCUT2D eigenvalue weighted by atomic mass is 16.4. The third kappa shape index (κ3) is 1.86. The van der Waals surface area contributed by atoms with E-state index < -0.39 is 11.4 Å². The highest BCUT2D eigenvalue weighted by molar-refractivity contribution is 5.75. The molecule has 2 rings (SSSR count). The summed E-state index contributed by atoms with van der Waals surface area (Å²) in [6.07, 6.45) is 5.91. The summed E-state index contributed by atoms with van der Waals surface area (Å²) >= 11 is 0. The van der Waals surface area contributed by atoms with E-state index in [-0.39, 0.29) is 12.0 Å². The minimum Gasteiger partial charge on any atom is -0.481 e. The lowest BCUT2D eigenvalue weighted by atomic mass is 9.62. The van der Waals surface area contributed by atoms with Gasteiger partial charge in [-0.3, -0.25) is 4.79 Å². The van der Waals surface area contributed by atoms with Crippen molar-refractivity contribution in [1.29, 1.82) is 0 Å². The molecule has 0 heterocycles. The first kappa shape index (κ1) is 11.9. The molecule has 92 valence electrons. The predicted octanol–water partition coefficient (Wildman–Crippen LogP) is 2.43. The molecule has 0 bridgehead atoms. The second-order valence-corrected chi connectivity index (χ2v) is 5.77. The van der Waals surface area contributed by atoms with Crippen LogP contribution in [0.3, 0.4) is 0 Å². The van der Waals surface area contributed by atoms with Gasteiger partial charge in [-0.2, -0.15) is 0 Å². The van der Waals surface area contributed by atoms with Gasteiger partial charge in [0.25, 0.3) is 0 Å². The van der Waals surface area contributed by atoms with Crippen molar-refractivity contribution in [3.63, 3.8) is 0 Å². The van der Waals surface area contributed by atoms with Crippen molar-refractivity contribution >= 4 is 5.97 Å². The highest BCUT2D eigenvalue weighted by Crippen LogP contribution is 2.50. The maximum Gasteiger partial charge on any atom is 0.310 e. The van der Waals surface area contributed by atoms with E-state index in [4.69, 9.17) is 0 Å². The zero-order chi connectivity index (χ0) is 11.8. The molecule has 4 unspecified atom stereocenters. The monoisotopic (exact) mass is 226 g/mol. The summed E-state index contributed by atoms with van der Waals surface area (Å²) in [6.45, 7) is 2.14. The van der Waals surface area contributed by atoms with Crippen molar-refractivity contribution in [2.24, 2.45) is 17.3 Å². The first-order valence-corrected chi connectivity index (χ1v) is 6.48. The molecular formula is C13H22O3. The molecule has 2 saturated carbocycles. The van der Waals surface area contributed by atoms with E-state index in [9.17, 15) is 15.0 Å². The third-order valence-corrected chi connectivity index (χ3v) is 4.65. The Morgan fingerprint density at radius 1 is 1.25 bits per heavy atom. The first-order valence-electron chi connectivity index (χ1n) is 6.48. The van der Waals surface area contributed by atoms with Crippen LogP contribution < -0.4 is 0 Å². The zero-order valence-corrected chi connectivity index (χ0v) is 9.98. The molecule has 0 aromatic carbocycles. The lowest BCUT2D eigenvalue weighted by Gasteiger charge is -2.42. The summed E-state index contributed by atoms with van der Waals surface area (Å²) in [6, 6.07) is 0. The van der Waals surface area contributed by atoms with E-state index in [0.717, 1.165) is 44.9 Å². The molecular weight excluding hydrogens is 204 g/mol. The Kier molecular flexibility index (Phi) is 3.24. The van der Waals surface area contributed by atoms with Gasteiger partial charge in [-0.25, -0.2) is 0 Å². The lowest BCUT2D eigenvalue weighted by Crippen LogP contribution is -2.45. The Balaban J connectivity index is 2.23. The van der Waals surface area contributed by atoms with Crippen LogP contribution in [-0.4, -0.2) is 22.3 Å². The highest BCUT2D eigenvalue weighted by Gasteiger charge is 2.51. The fraction of sp³-hybridized carbons (Fsp3) is 0.923. The van der Waals surface area contributed by atoms with Gasteiger partial charge in [0.2, 0.25) is 0 Å². The van der Waals surface area contributed by atoms with Crippen LogP contribution in [0.1, 0.15) is 51.9 Å². The normalized spacial score (nSPS) is 44.5. The molecule has 2 aliphatic rings. The second-order valence-electron chi connectivity index (χ2n) is 5.77. The average molecular weight is 226 g/mol. The molecule has 3 heteroatoms. The number of rotatable bonds is 2. The van der Waals surface area contributed by atoms with E-state index in [0.29, 0.717) is 5.92 Å². The quantitative estimate of drug-likeness (QED) is 0.760. The number of carbonyl (C=O) groups is 1. The topological polar surface area (TPSA) is 57.5 Å². The van der Waals surface area contributed by atoms with Crippen LogP contribution in [0.25, 0.3) is 0 Å². The number of hydrogen-bond donors (Lipinski definition) is 2. The van der Waals surface area contributed by atoms with E-state index in [1.807, 2.05) is 0 Å². The Bertz CT molecular complexity index is 276. The molecule has 4 atom stereocenters. The first-order chi connectivity index (χ1) is 7.56. The number of aliphatic carboxylic acids is 1. The van der Waals surface area contributed by atoms with Crippen LogP contribution in [0.15, 0.2) is 0 Å². The fourth-order valence-electron chi connectivity index (χ4n) is 3.87. The summed E-state index contributed by atoms with van der Waals surface area (Å²) in [7, 11) is 0. The Hall–Kier alpha value is -0.570. The molecule has 3 nitrogen and oxygen atoms in total. The number of aliphatic hydroxyl groups excluding tert-OH is 1. The summed E-state index contributed by atoms with van der Waals surface area (Å²) < 4.78 is 0. The Labute approximate surface area is 96.9 Å². The van der Waals surface area contributed by atoms with Gasteiger partial charge in [0.05, 0.1) is 11.5 Å². The van der Waals surface area contributed by atoms with Gasteiger partial charge in [0.15, 0.2) is 0 Å². The molecule has 0 amide bonds. The van der Waals surface area contributed by atoms with Gasteiger partial charge in [0, 0.05) is 5.92 Å². The molecule has 2 N–H and O–H groups in total. The minimum atomic E-state index is -0.676. The molecule has 0 radical (unpaired) electrons. The van der Waals surface area contributed by atoms with Crippen molar-refractivity contribution in [1.82, 2.24) is 0 Å². The van der Waals surface area contributed by atoms with Gasteiger partial charge in [-0.1, -0.05) is 26.2 Å². The molecule has 0 aromatic rings. The van der Waals surface area contributed by atoms with Crippen molar-refractivity contribution in [2.45, 2.75) is 58.0 Å². The van der Waals surface area contributed by atoms with E-state index in [1.165, 1.54) is 0 Å². The number of carboxylic acid groups (broad SMARTS) is 1. The second kappa shape index (κ2) is 4.36. The molecule has 0 saturated heterocycles. The third-order valence-electron chi connectivity index (χ3n) is 4.65. The molecule has 0 aliphatic heterocycles. The van der Waals surface area contributed by atoms with Crippen LogP contribution in [0.2, 0.25) is 0 Å². The summed E-state index contributed by atoms with van der Waals surface area (Å²) in [5.41, 5.74) is -0.631. The number of aliphatic hydroxyl groups is 1. The van der Waals surface area contributed by atoms with Crippen molar-refractivity contribution in [3.05, 3.63) is 0 Å². The molecule has 0 aromatic heterocycles. The maximum atomic E-state index is 11.6. The molecule has 2 fully saturated rings. The van der Waals surface area contributed by atoms with Gasteiger partial charge >= 0.3 is 5.97 Å². The van der Waals surface area contributed by atoms with Crippen LogP contribution in [0.4, 0.5) is 0 Å². The minimum absolute atomic E-state index is 0.00671. The van der Waals surface area contributed by atoms with E-state index >= 15 is 0 Å². The van der Waals surface area contributed by atoms with Crippen LogP contribution in [0, 0.1) is 17.3 Å². The number of carboxylic acids is 1. The Morgan fingerprint density at radius 3 is 2.50 bits per heavy atom. The van der Waals surface area contributed by atoms with Crippen molar-refractivity contribution < 1.29 is 15.0 Å². The van der Waals surface area contributed by atoms with Crippen molar-refractivity contribution in [3.8, 4) is 0 Å². The molecule has 16 heavy (non-hydrogen) atoms. The van der Waals surface area contributed by atoms with Gasteiger partial charge in [0.1, 0.15) is 0 Å². The zero-order valence-electron chi connectivity index (χ0n) is 9.98. The Morgan fingerprint density at radius 2 is 2.00 bits per heavy atom. The largest absolute Gasteiger partial charge is 0.481 e. The molecule has 0 spiro atoms. The SMILES string of the molecule is CC1CCCC(C(=O)O)(C2CCCC2O)C1. The van der Waals surface area contributed by atoms with E-state index in [2.05, 4.69) is 6.92 Å². The summed E-state index contributed by atoms with van der Waals surface area (Å²) in [5, 5.41) is 19.6. The number of hydrogen-bond acceptors (Lipinski definition) is 2. The predicted molar refractivity (Wildman–Crippen MR) is 61.0 cm³/mol. The van der Waals surface area contributed by atoms with Gasteiger partial charge < -0.3 is 10.2 Å². The van der Waals surface area contributed by atoms with Gasteiger partial charge in [-0.15, -0.1) is 0 Å². The lowest BCUT2D eigenvalue weighted by molar-refractivity contribution is -0.160. The molecule has 2 aliphatic carbocycles. The summed E-state index contributed by atoms with van der Waals surface area (Å²) in [4.78, 5) is 11.6. The van der Waals surface area contributed by atoms with Crippen LogP contribution >= 0.6 is 0 Å². The maximum absolute atomic E-state index is 11.6. The fourth-order valence-corrected chi connectivity index (χ4v) is 3.87. The average Bonchev–Trinajstić information content (AvgIpc) is 2.64. The van der Waals surface area contributed by atoms with Gasteiger partial charge in [-0.05, 0) is 31.6 Å². The summed E-state index contributed by atoms with van der Waals surface area (Å²) in [5.74, 6) is -0.199. The van der Waals surface area contributed by atoms with Crippen LogP contribution in [0.5, 0.6) is 0 Å². The van der Waals surface area contributed by atoms with Crippen molar-refractivity contribution in [2.75, 3.05) is 0 Å². The van der Waals surface area contributed by atoms with Crippen LogP contribution in [-0.2, 0) is 4.79 Å². The smallest absolute Gasteiger partial charge is 0.310 e. The standard InChI is InChI=1S/C13H22O3/c1-9-4-3-7-13(8-9,12(15)16)10-5-2-6-11(10)14/h9-11,14H,2-8H2,1H3,(H,15,16).